The minimum Gasteiger partial charge on any atom is -0.245 e. The third-order valence-corrected chi connectivity index (χ3v) is 4.20. The first-order valence-electron chi connectivity index (χ1n) is 8.60. The van der Waals surface area contributed by atoms with Gasteiger partial charge in [0, 0.05) is 18.5 Å². The molecule has 2 aromatic heterocycles. The number of aliphatic imine (C=N–C) groups is 1. The highest BCUT2D eigenvalue weighted by Crippen LogP contribution is 2.12. The van der Waals surface area contributed by atoms with Crippen LogP contribution in [0.4, 0.5) is 17.3 Å². The molecule has 0 fully saturated rings. The molecule has 0 aliphatic heterocycles. The van der Waals surface area contributed by atoms with Crippen LogP contribution in [-0.2, 0) is 0 Å². The molecular weight excluding hydrogens is 320 g/mol. The van der Waals surface area contributed by atoms with Crippen molar-refractivity contribution in [3.8, 4) is 0 Å². The predicted octanol–water partition coefficient (Wildman–Crippen LogP) is 3.59. The van der Waals surface area contributed by atoms with Crippen molar-refractivity contribution >= 4 is 23.0 Å². The molecule has 4 rings (SSSR count). The summed E-state index contributed by atoms with van der Waals surface area (Å²) in [6.07, 6.45) is 12.0. The van der Waals surface area contributed by atoms with Crippen LogP contribution >= 0.6 is 0 Å². The molecule has 0 saturated carbocycles. The van der Waals surface area contributed by atoms with Crippen LogP contribution in [-0.4, -0.2) is 21.7 Å². The topological polar surface area (TPSA) is 42.6 Å². The Balaban J connectivity index is 1.64. The zero-order chi connectivity index (χ0) is 17.6. The second-order valence-corrected chi connectivity index (χ2v) is 5.96. The zero-order valence-corrected chi connectivity index (χ0v) is 14.2. The Morgan fingerprint density at radius 3 is 2.08 bits per heavy atom. The molecule has 3 aromatic rings. The molecule has 0 amide bonds. The summed E-state index contributed by atoms with van der Waals surface area (Å²) in [5.41, 5.74) is 2.07. The van der Waals surface area contributed by atoms with E-state index in [0.717, 1.165) is 11.5 Å². The minimum atomic E-state index is 0.148. The third kappa shape index (κ3) is 3.66. The Labute approximate surface area is 152 Å². The molecule has 1 unspecified atom stereocenters. The van der Waals surface area contributed by atoms with Crippen molar-refractivity contribution in [1.82, 2.24) is 9.97 Å². The van der Waals surface area contributed by atoms with E-state index < -0.39 is 0 Å². The summed E-state index contributed by atoms with van der Waals surface area (Å²) in [4.78, 5) is 14.6. The number of quaternary nitrogens is 1. The monoisotopic (exact) mass is 339 g/mol. The fourth-order valence-electron chi connectivity index (χ4n) is 2.99. The second kappa shape index (κ2) is 7.68. The van der Waals surface area contributed by atoms with Gasteiger partial charge in [0.25, 0.3) is 0 Å². The number of pyridine rings is 2. The Morgan fingerprint density at radius 2 is 1.42 bits per heavy atom. The van der Waals surface area contributed by atoms with Crippen molar-refractivity contribution in [1.29, 1.82) is 0 Å². The Bertz CT molecular complexity index is 876. The first-order chi connectivity index (χ1) is 12.9. The first kappa shape index (κ1) is 16.1. The van der Waals surface area contributed by atoms with Gasteiger partial charge in [0.15, 0.2) is 5.82 Å². The molecule has 0 spiro atoms. The molecule has 1 atom stereocenters. The van der Waals surface area contributed by atoms with E-state index in [0.29, 0.717) is 5.82 Å². The molecule has 26 heavy (non-hydrogen) atoms. The molecule has 1 aliphatic carbocycles. The zero-order valence-electron chi connectivity index (χ0n) is 14.2. The highest BCUT2D eigenvalue weighted by atomic mass is 15.2. The van der Waals surface area contributed by atoms with Crippen LogP contribution in [0.1, 0.15) is 0 Å². The van der Waals surface area contributed by atoms with Crippen molar-refractivity contribution in [3.63, 3.8) is 0 Å². The van der Waals surface area contributed by atoms with Gasteiger partial charge in [0.1, 0.15) is 11.7 Å². The number of nitrogens with zero attached hydrogens (tertiary/aromatic N) is 3. The van der Waals surface area contributed by atoms with Crippen LogP contribution < -0.4 is 4.90 Å². The highest BCUT2D eigenvalue weighted by molar-refractivity contribution is 6.06. The molecule has 1 aromatic carbocycles. The van der Waals surface area contributed by atoms with Crippen molar-refractivity contribution < 1.29 is 4.90 Å². The van der Waals surface area contributed by atoms with E-state index in [2.05, 4.69) is 57.4 Å². The van der Waals surface area contributed by atoms with E-state index in [4.69, 9.17) is 0 Å². The second-order valence-electron chi connectivity index (χ2n) is 5.96. The van der Waals surface area contributed by atoms with Gasteiger partial charge in [-0.15, -0.1) is 0 Å². The standard InChI is InChI=1S/C22H18N4/c1-2-8-19(9-3-1)26(22-11-5-7-17-24-22)20-14-12-18(13-15-20)25-21-10-4-6-16-23-21/h1-17,20H/p+1. The van der Waals surface area contributed by atoms with Gasteiger partial charge < -0.3 is 0 Å². The molecule has 2 heterocycles. The van der Waals surface area contributed by atoms with Gasteiger partial charge >= 0.3 is 0 Å². The minimum absolute atomic E-state index is 0.148. The van der Waals surface area contributed by atoms with Crippen molar-refractivity contribution in [2.45, 2.75) is 6.04 Å². The Kier molecular flexibility index (Phi) is 4.76. The summed E-state index contributed by atoms with van der Waals surface area (Å²) in [6.45, 7) is 0. The summed E-state index contributed by atoms with van der Waals surface area (Å²) >= 11 is 0. The van der Waals surface area contributed by atoms with E-state index >= 15 is 0 Å². The van der Waals surface area contributed by atoms with Crippen LogP contribution in [0.25, 0.3) is 0 Å². The van der Waals surface area contributed by atoms with E-state index in [9.17, 15) is 0 Å². The lowest BCUT2D eigenvalue weighted by Gasteiger charge is -2.24. The van der Waals surface area contributed by atoms with Gasteiger partial charge in [-0.05, 0) is 54.6 Å². The van der Waals surface area contributed by atoms with Crippen molar-refractivity contribution in [2.75, 3.05) is 0 Å². The van der Waals surface area contributed by atoms with Gasteiger partial charge in [-0.25, -0.2) is 19.9 Å². The van der Waals surface area contributed by atoms with Crippen LogP contribution in [0.15, 0.2) is 108 Å². The lowest BCUT2D eigenvalue weighted by molar-refractivity contribution is -0.777. The van der Waals surface area contributed by atoms with E-state index in [-0.39, 0.29) is 6.04 Å². The maximum absolute atomic E-state index is 4.57. The van der Waals surface area contributed by atoms with E-state index in [1.807, 2.05) is 54.7 Å². The van der Waals surface area contributed by atoms with Crippen LogP contribution in [0.3, 0.4) is 0 Å². The molecule has 0 bridgehead atoms. The molecule has 126 valence electrons. The summed E-state index contributed by atoms with van der Waals surface area (Å²) in [6, 6.07) is 22.3. The van der Waals surface area contributed by atoms with Gasteiger partial charge in [-0.2, -0.15) is 0 Å². The van der Waals surface area contributed by atoms with Crippen LogP contribution in [0.2, 0.25) is 0 Å². The number of benzene rings is 1. The smallest absolute Gasteiger partial charge is 0.231 e. The number of nitrogens with one attached hydrogen (secondary N) is 1. The number of hydrogen-bond donors (Lipinski definition) is 1. The van der Waals surface area contributed by atoms with Gasteiger partial charge in [0.2, 0.25) is 5.82 Å². The number of para-hydroxylation sites is 1. The molecule has 1 aliphatic rings. The SMILES string of the molecule is C1=CC([NH+](c2ccccc2)c2ccccn2)C=CC1=Nc1ccccn1. The normalized spacial score (nSPS) is 17.1. The Hall–Kier alpha value is -3.37. The summed E-state index contributed by atoms with van der Waals surface area (Å²) in [5.74, 6) is 1.70. The average Bonchev–Trinajstić information content (AvgIpc) is 2.72. The number of aromatic nitrogens is 2. The summed E-state index contributed by atoms with van der Waals surface area (Å²) in [7, 11) is 0. The quantitative estimate of drug-likeness (QED) is 0.789. The van der Waals surface area contributed by atoms with Crippen LogP contribution in [0.5, 0.6) is 0 Å². The lowest BCUT2D eigenvalue weighted by Crippen LogP contribution is -3.06. The molecule has 4 heteroatoms. The highest BCUT2D eigenvalue weighted by Gasteiger charge is 2.25. The fourth-order valence-corrected chi connectivity index (χ4v) is 2.99. The predicted molar refractivity (Wildman–Crippen MR) is 104 cm³/mol. The first-order valence-corrected chi connectivity index (χ1v) is 8.60. The molecular formula is C22H19N4+. The summed E-state index contributed by atoms with van der Waals surface area (Å²) in [5, 5.41) is 0. The third-order valence-electron chi connectivity index (χ3n) is 4.20. The number of rotatable bonds is 4. The number of allylic oxidation sites excluding steroid dienone is 2. The lowest BCUT2D eigenvalue weighted by atomic mass is 10.1. The fraction of sp³-hybridized carbons (Fsp3) is 0.0455. The summed E-state index contributed by atoms with van der Waals surface area (Å²) < 4.78 is 0. The maximum atomic E-state index is 4.57. The van der Waals surface area contributed by atoms with E-state index in [1.54, 1.807) is 6.20 Å². The molecule has 1 N–H and O–H groups in total. The average molecular weight is 339 g/mol. The van der Waals surface area contributed by atoms with Crippen LogP contribution in [0, 0.1) is 0 Å². The molecule has 0 saturated heterocycles. The molecule has 0 radical (unpaired) electrons. The van der Waals surface area contributed by atoms with Gasteiger partial charge in [-0.3, -0.25) is 0 Å². The Morgan fingerprint density at radius 1 is 0.731 bits per heavy atom. The molecule has 4 nitrogen and oxygen atoms in total. The van der Waals surface area contributed by atoms with E-state index in [1.165, 1.54) is 10.6 Å². The number of hydrogen-bond acceptors (Lipinski definition) is 3. The van der Waals surface area contributed by atoms with Crippen molar-refractivity contribution in [3.05, 3.63) is 103 Å². The largest absolute Gasteiger partial charge is 0.245 e. The maximum Gasteiger partial charge on any atom is 0.231 e. The van der Waals surface area contributed by atoms with Crippen molar-refractivity contribution in [2.24, 2.45) is 4.99 Å². The van der Waals surface area contributed by atoms with Gasteiger partial charge in [-0.1, -0.05) is 30.3 Å². The van der Waals surface area contributed by atoms with Gasteiger partial charge in [0.05, 0.1) is 5.71 Å².